The number of rotatable bonds is 9. The molecule has 0 fully saturated rings. The lowest BCUT2D eigenvalue weighted by Gasteiger charge is -2.36. The van der Waals surface area contributed by atoms with Crippen LogP contribution in [-0.2, 0) is 10.0 Å². The maximum Gasteiger partial charge on any atom is 0.291 e. The van der Waals surface area contributed by atoms with E-state index in [1.54, 1.807) is 12.1 Å². The van der Waals surface area contributed by atoms with Gasteiger partial charge in [-0.3, -0.25) is 10.1 Å². The Balaban J connectivity index is 2.32. The molecule has 184 valence electrons. The van der Waals surface area contributed by atoms with Gasteiger partial charge in [-0.2, -0.15) is 0 Å². The van der Waals surface area contributed by atoms with Gasteiger partial charge in [0.2, 0.25) is 5.75 Å². The number of nitro benzene ring substituents is 1. The van der Waals surface area contributed by atoms with Crippen molar-refractivity contribution in [2.75, 3.05) is 21.3 Å². The molecule has 0 heterocycles. The first-order valence-corrected chi connectivity index (χ1v) is 12.1. The third kappa shape index (κ3) is 4.00. The molecule has 8 heteroatoms. The van der Waals surface area contributed by atoms with E-state index in [0.717, 1.165) is 11.1 Å². The highest BCUT2D eigenvalue weighted by molar-refractivity contribution is 5.99. The van der Waals surface area contributed by atoms with Crippen LogP contribution in [0.2, 0.25) is 0 Å². The standard InChI is InChI=1S/C28H27NO6Si/c1-32-25-22(19-13-7-4-8-14-19)24(29(30)31)23(26(33-2)27(25)34-3)28(35-36,20-15-9-5-10-16-20)21-17-11-6-12-18-21/h4-18H,1-3,36H3. The predicted molar refractivity (Wildman–Crippen MR) is 142 cm³/mol. The summed E-state index contributed by atoms with van der Waals surface area (Å²) >= 11 is 0. The molecule has 0 aliphatic heterocycles. The monoisotopic (exact) mass is 501 g/mol. The summed E-state index contributed by atoms with van der Waals surface area (Å²) in [5.74, 6) is 0.623. The van der Waals surface area contributed by atoms with Gasteiger partial charge in [-0.25, -0.2) is 0 Å². The Labute approximate surface area is 212 Å². The first-order chi connectivity index (χ1) is 17.5. The summed E-state index contributed by atoms with van der Waals surface area (Å²) in [6.45, 7) is 0. The van der Waals surface area contributed by atoms with Crippen molar-refractivity contribution >= 4 is 16.2 Å². The van der Waals surface area contributed by atoms with Crippen molar-refractivity contribution in [2.45, 2.75) is 5.60 Å². The predicted octanol–water partition coefficient (Wildman–Crippen LogP) is 4.88. The second-order valence-corrected chi connectivity index (χ2v) is 8.35. The zero-order valence-electron chi connectivity index (χ0n) is 20.6. The number of hydrogen-bond acceptors (Lipinski definition) is 6. The van der Waals surface area contributed by atoms with Crippen molar-refractivity contribution in [1.82, 2.24) is 0 Å². The molecule has 0 unspecified atom stereocenters. The number of nitro groups is 1. The minimum atomic E-state index is -1.36. The molecule has 4 rings (SSSR count). The summed E-state index contributed by atoms with van der Waals surface area (Å²) in [7, 11) is 4.66. The van der Waals surface area contributed by atoms with Crippen LogP contribution in [0.15, 0.2) is 91.0 Å². The number of benzene rings is 4. The number of nitrogens with zero attached hydrogens (tertiary/aromatic N) is 1. The van der Waals surface area contributed by atoms with Crippen molar-refractivity contribution in [2.24, 2.45) is 0 Å². The smallest absolute Gasteiger partial charge is 0.291 e. The van der Waals surface area contributed by atoms with Gasteiger partial charge < -0.3 is 18.6 Å². The second-order valence-electron chi connectivity index (χ2n) is 7.94. The Hall–Kier alpha value is -4.14. The largest absolute Gasteiger partial charge is 0.492 e. The van der Waals surface area contributed by atoms with Crippen LogP contribution in [0.1, 0.15) is 16.7 Å². The van der Waals surface area contributed by atoms with E-state index in [1.807, 2.05) is 78.9 Å². The van der Waals surface area contributed by atoms with Crippen molar-refractivity contribution in [3.8, 4) is 28.4 Å². The van der Waals surface area contributed by atoms with Crippen molar-refractivity contribution in [1.29, 1.82) is 0 Å². The van der Waals surface area contributed by atoms with E-state index in [4.69, 9.17) is 18.6 Å². The molecule has 36 heavy (non-hydrogen) atoms. The van der Waals surface area contributed by atoms with Crippen LogP contribution in [0.4, 0.5) is 5.69 Å². The fourth-order valence-electron chi connectivity index (χ4n) is 4.77. The van der Waals surface area contributed by atoms with E-state index in [2.05, 4.69) is 0 Å². The van der Waals surface area contributed by atoms with E-state index in [0.29, 0.717) is 5.56 Å². The first kappa shape index (κ1) is 25.0. The maximum absolute atomic E-state index is 13.0. The molecule has 0 aliphatic carbocycles. The van der Waals surface area contributed by atoms with E-state index in [9.17, 15) is 10.1 Å². The third-order valence-electron chi connectivity index (χ3n) is 6.22. The zero-order valence-corrected chi connectivity index (χ0v) is 22.6. The van der Waals surface area contributed by atoms with E-state index in [-0.39, 0.29) is 44.5 Å². The van der Waals surface area contributed by atoms with Crippen molar-refractivity contribution in [3.05, 3.63) is 118 Å². The van der Waals surface area contributed by atoms with Crippen LogP contribution in [0, 0.1) is 10.1 Å². The average Bonchev–Trinajstić information content (AvgIpc) is 2.94. The lowest BCUT2D eigenvalue weighted by Crippen LogP contribution is -2.34. The normalized spacial score (nSPS) is 11.2. The fraction of sp³-hybridized carbons (Fsp3) is 0.143. The Morgan fingerprint density at radius 2 is 1.14 bits per heavy atom. The molecule has 0 bridgehead atoms. The molecule has 0 atom stereocenters. The summed E-state index contributed by atoms with van der Waals surface area (Å²) in [5.41, 5.74) is 1.03. The Kier molecular flexibility index (Phi) is 7.38. The molecule has 0 aliphatic rings. The summed E-state index contributed by atoms with van der Waals surface area (Å²) in [4.78, 5) is 12.6. The summed E-state index contributed by atoms with van der Waals surface area (Å²) < 4.78 is 23.8. The molecule has 4 aromatic carbocycles. The second kappa shape index (κ2) is 10.6. The minimum Gasteiger partial charge on any atom is -0.492 e. The quantitative estimate of drug-likeness (QED) is 0.141. The van der Waals surface area contributed by atoms with Crippen LogP contribution in [0.25, 0.3) is 11.1 Å². The van der Waals surface area contributed by atoms with Gasteiger partial charge in [-0.1, -0.05) is 91.0 Å². The molecule has 0 radical (unpaired) electrons. The molecule has 0 saturated carbocycles. The molecule has 4 aromatic rings. The molecule has 0 aromatic heterocycles. The maximum atomic E-state index is 13.0. The molecular weight excluding hydrogens is 474 g/mol. The van der Waals surface area contributed by atoms with Gasteiger partial charge in [0.15, 0.2) is 11.5 Å². The van der Waals surface area contributed by atoms with Crippen molar-refractivity contribution in [3.63, 3.8) is 0 Å². The van der Waals surface area contributed by atoms with E-state index < -0.39 is 10.5 Å². The average molecular weight is 502 g/mol. The highest BCUT2D eigenvalue weighted by Crippen LogP contribution is 2.58. The lowest BCUT2D eigenvalue weighted by molar-refractivity contribution is -0.385. The molecule has 0 spiro atoms. The van der Waals surface area contributed by atoms with E-state index >= 15 is 0 Å². The number of hydrogen-bond donors (Lipinski definition) is 0. The van der Waals surface area contributed by atoms with Gasteiger partial charge >= 0.3 is 0 Å². The van der Waals surface area contributed by atoms with Crippen LogP contribution in [0.5, 0.6) is 17.2 Å². The van der Waals surface area contributed by atoms with Crippen molar-refractivity contribution < 1.29 is 23.6 Å². The molecule has 0 amide bonds. The van der Waals surface area contributed by atoms with Gasteiger partial charge in [0.25, 0.3) is 5.69 Å². The lowest BCUT2D eigenvalue weighted by atomic mass is 9.77. The third-order valence-corrected chi connectivity index (χ3v) is 6.83. The number of methoxy groups -OCH3 is 3. The van der Waals surface area contributed by atoms with Gasteiger partial charge in [0.1, 0.15) is 27.2 Å². The summed E-state index contributed by atoms with van der Waals surface area (Å²) in [6, 6.07) is 28.0. The molecule has 0 saturated heterocycles. The van der Waals surface area contributed by atoms with Gasteiger partial charge in [-0.05, 0) is 16.7 Å². The Morgan fingerprint density at radius 1 is 0.694 bits per heavy atom. The topological polar surface area (TPSA) is 80.1 Å². The summed E-state index contributed by atoms with van der Waals surface area (Å²) in [6.07, 6.45) is 0. The van der Waals surface area contributed by atoms with Crippen LogP contribution in [-0.4, -0.2) is 36.7 Å². The molecule has 7 nitrogen and oxygen atoms in total. The first-order valence-electron chi connectivity index (χ1n) is 11.3. The fourth-order valence-corrected chi connectivity index (χ4v) is 5.44. The highest BCUT2D eigenvalue weighted by Gasteiger charge is 2.48. The van der Waals surface area contributed by atoms with Crippen LogP contribution in [0.3, 0.4) is 0 Å². The minimum absolute atomic E-state index is 0.171. The zero-order chi connectivity index (χ0) is 25.7. The highest BCUT2D eigenvalue weighted by atomic mass is 28.2. The van der Waals surface area contributed by atoms with Gasteiger partial charge in [0.05, 0.1) is 26.3 Å². The van der Waals surface area contributed by atoms with Crippen LogP contribution >= 0.6 is 0 Å². The Morgan fingerprint density at radius 3 is 1.53 bits per heavy atom. The van der Waals surface area contributed by atoms with Crippen LogP contribution < -0.4 is 14.2 Å². The Bertz CT molecular complexity index is 1310. The molecular formula is C28H27NO6Si. The SMILES string of the molecule is COc1c(OC)c(-c2ccccc2)c([N+](=O)[O-])c(C(O[SiH3])(c2ccccc2)c2ccccc2)c1OC. The number of ether oxygens (including phenoxy) is 3. The van der Waals surface area contributed by atoms with Gasteiger partial charge in [-0.15, -0.1) is 0 Å². The molecule has 0 N–H and O–H groups in total. The van der Waals surface area contributed by atoms with E-state index in [1.165, 1.54) is 21.3 Å². The van der Waals surface area contributed by atoms with Gasteiger partial charge in [0, 0.05) is 0 Å². The summed E-state index contributed by atoms with van der Waals surface area (Å²) in [5, 5.41) is 13.0.